The van der Waals surface area contributed by atoms with Gasteiger partial charge in [0.15, 0.2) is 5.82 Å². The highest BCUT2D eigenvalue weighted by Crippen LogP contribution is 2.29. The normalized spacial score (nSPS) is 19.7. The lowest BCUT2D eigenvalue weighted by Crippen LogP contribution is -2.27. The molecule has 0 bridgehead atoms. The van der Waals surface area contributed by atoms with E-state index in [0.29, 0.717) is 16.1 Å². The van der Waals surface area contributed by atoms with Crippen molar-refractivity contribution in [1.29, 1.82) is 0 Å². The van der Waals surface area contributed by atoms with Crippen LogP contribution in [-0.4, -0.2) is 28.5 Å². The van der Waals surface area contributed by atoms with Gasteiger partial charge in [-0.1, -0.05) is 0 Å². The third-order valence-electron chi connectivity index (χ3n) is 2.60. The molecule has 1 saturated heterocycles. The molecule has 1 atom stereocenters. The maximum atomic E-state index is 11.7. The molecule has 0 saturated carbocycles. The summed E-state index contributed by atoms with van der Waals surface area (Å²) in [6, 6.07) is 3.28. The number of carbonyl (C=O) groups excluding carboxylic acids is 1. The van der Waals surface area contributed by atoms with Crippen molar-refractivity contribution in [3.63, 3.8) is 0 Å². The summed E-state index contributed by atoms with van der Waals surface area (Å²) in [4.78, 5) is 28.0. The number of hydrogen-bond donors (Lipinski definition) is 2. The van der Waals surface area contributed by atoms with Crippen molar-refractivity contribution in [2.45, 2.75) is 6.42 Å². The Kier molecular flexibility index (Phi) is 3.01. The minimum absolute atomic E-state index is 0.0109. The zero-order valence-electron chi connectivity index (χ0n) is 8.76. The molecule has 1 fully saturated rings. The van der Waals surface area contributed by atoms with Crippen LogP contribution in [0.25, 0.3) is 0 Å². The lowest BCUT2D eigenvalue weighted by Gasteiger charge is -2.16. The Labute approximate surface area is 106 Å². The number of carboxylic acid groups (broad SMARTS) is 1. The topological polar surface area (TPSA) is 96.5 Å². The number of amides is 1. The molecule has 0 aromatic carbocycles. The Hall–Kier alpha value is -1.63. The van der Waals surface area contributed by atoms with Crippen LogP contribution < -0.4 is 10.6 Å². The van der Waals surface area contributed by atoms with Crippen LogP contribution >= 0.6 is 15.9 Å². The van der Waals surface area contributed by atoms with Gasteiger partial charge in [-0.15, -0.1) is 0 Å². The van der Waals surface area contributed by atoms with Gasteiger partial charge in [0.25, 0.3) is 0 Å². The number of hydrogen-bond acceptors (Lipinski definition) is 4. The molecule has 17 heavy (non-hydrogen) atoms. The molecule has 2 heterocycles. The monoisotopic (exact) mass is 299 g/mol. The van der Waals surface area contributed by atoms with Crippen molar-refractivity contribution in [3.8, 4) is 0 Å². The van der Waals surface area contributed by atoms with E-state index in [0.717, 1.165) is 0 Å². The van der Waals surface area contributed by atoms with Crippen LogP contribution in [-0.2, 0) is 9.59 Å². The van der Waals surface area contributed by atoms with Crippen molar-refractivity contribution in [2.24, 2.45) is 5.92 Å². The van der Waals surface area contributed by atoms with E-state index >= 15 is 0 Å². The fourth-order valence-electron chi connectivity index (χ4n) is 1.73. The number of anilines is 2. The Balaban J connectivity index is 2.32. The lowest BCUT2D eigenvalue weighted by molar-refractivity contribution is -0.141. The Morgan fingerprint density at radius 1 is 1.59 bits per heavy atom. The zero-order valence-corrected chi connectivity index (χ0v) is 10.3. The quantitative estimate of drug-likeness (QED) is 0.790. The molecule has 3 N–H and O–H groups in total. The SMILES string of the molecule is Nc1ccc(Br)nc1N1CC(C(=O)O)CC1=O. The first-order valence-corrected chi connectivity index (χ1v) is 5.73. The summed E-state index contributed by atoms with van der Waals surface area (Å²) in [5.41, 5.74) is 6.08. The molecule has 1 amide bonds. The minimum atomic E-state index is -0.977. The van der Waals surface area contributed by atoms with Gasteiger partial charge in [0.05, 0.1) is 11.6 Å². The molecule has 1 aromatic rings. The Bertz CT molecular complexity index is 492. The molecule has 0 radical (unpaired) electrons. The number of nitrogen functional groups attached to an aromatic ring is 1. The van der Waals surface area contributed by atoms with Crippen LogP contribution in [0.3, 0.4) is 0 Å². The predicted octanol–water partition coefficient (Wildman–Crippen LogP) is 0.864. The number of nitrogens with zero attached hydrogens (tertiary/aromatic N) is 2. The second-order valence-electron chi connectivity index (χ2n) is 3.79. The first-order chi connectivity index (χ1) is 7.99. The van der Waals surface area contributed by atoms with Crippen molar-refractivity contribution >= 4 is 39.3 Å². The second kappa shape index (κ2) is 4.33. The zero-order chi connectivity index (χ0) is 12.6. The van der Waals surface area contributed by atoms with E-state index in [1.54, 1.807) is 12.1 Å². The van der Waals surface area contributed by atoms with Crippen LogP contribution in [0.1, 0.15) is 6.42 Å². The lowest BCUT2D eigenvalue weighted by atomic mass is 10.1. The summed E-state index contributed by atoms with van der Waals surface area (Å²) >= 11 is 3.19. The molecule has 1 aliphatic heterocycles. The summed E-state index contributed by atoms with van der Waals surface area (Å²) in [6.45, 7) is 0.113. The minimum Gasteiger partial charge on any atom is -0.481 e. The highest BCUT2D eigenvalue weighted by Gasteiger charge is 2.36. The highest BCUT2D eigenvalue weighted by atomic mass is 79.9. The van der Waals surface area contributed by atoms with Gasteiger partial charge in [-0.25, -0.2) is 4.98 Å². The highest BCUT2D eigenvalue weighted by molar-refractivity contribution is 9.10. The summed E-state index contributed by atoms with van der Waals surface area (Å²) in [7, 11) is 0. The number of carboxylic acids is 1. The van der Waals surface area contributed by atoms with Crippen molar-refractivity contribution in [1.82, 2.24) is 4.98 Å². The second-order valence-corrected chi connectivity index (χ2v) is 4.60. The average molecular weight is 300 g/mol. The predicted molar refractivity (Wildman–Crippen MR) is 64.4 cm³/mol. The van der Waals surface area contributed by atoms with Crippen LogP contribution in [0.15, 0.2) is 16.7 Å². The summed E-state index contributed by atoms with van der Waals surface area (Å²) in [6.07, 6.45) is -0.0109. The molecule has 1 aliphatic rings. The van der Waals surface area contributed by atoms with Crippen molar-refractivity contribution in [3.05, 3.63) is 16.7 Å². The first-order valence-electron chi connectivity index (χ1n) is 4.94. The smallest absolute Gasteiger partial charge is 0.308 e. The molecule has 0 spiro atoms. The maximum Gasteiger partial charge on any atom is 0.308 e. The number of halogens is 1. The van der Waals surface area contributed by atoms with Gasteiger partial charge >= 0.3 is 5.97 Å². The standard InChI is InChI=1S/C10H10BrN3O3/c11-7-2-1-6(12)9(13-7)14-4-5(10(16)17)3-8(14)15/h1-2,5H,3-4,12H2,(H,16,17). The van der Waals surface area contributed by atoms with Crippen LogP contribution in [0.4, 0.5) is 11.5 Å². The first kappa shape index (κ1) is 11.8. The molecule has 1 aromatic heterocycles. The van der Waals surface area contributed by atoms with Gasteiger partial charge < -0.3 is 10.8 Å². The van der Waals surface area contributed by atoms with E-state index in [1.165, 1.54) is 4.90 Å². The maximum absolute atomic E-state index is 11.7. The molecule has 6 nitrogen and oxygen atoms in total. The van der Waals surface area contributed by atoms with E-state index in [2.05, 4.69) is 20.9 Å². The molecule has 1 unspecified atom stereocenters. The van der Waals surface area contributed by atoms with E-state index in [4.69, 9.17) is 10.8 Å². The van der Waals surface area contributed by atoms with Gasteiger partial charge in [0, 0.05) is 13.0 Å². The molecular weight excluding hydrogens is 290 g/mol. The average Bonchev–Trinajstić information content (AvgIpc) is 2.64. The summed E-state index contributed by atoms with van der Waals surface area (Å²) < 4.78 is 0.549. The molecule has 0 aliphatic carbocycles. The Morgan fingerprint density at radius 2 is 2.29 bits per heavy atom. The largest absolute Gasteiger partial charge is 0.481 e. The molecule has 90 valence electrons. The van der Waals surface area contributed by atoms with Crippen LogP contribution in [0.2, 0.25) is 0 Å². The molecule has 7 heteroatoms. The number of nitrogens with two attached hydrogens (primary N) is 1. The van der Waals surface area contributed by atoms with Crippen molar-refractivity contribution < 1.29 is 14.7 Å². The number of rotatable bonds is 2. The van der Waals surface area contributed by atoms with E-state index in [9.17, 15) is 9.59 Å². The van der Waals surface area contributed by atoms with E-state index in [1.807, 2.05) is 0 Å². The van der Waals surface area contributed by atoms with E-state index in [-0.39, 0.29) is 18.9 Å². The fourth-order valence-corrected chi connectivity index (χ4v) is 2.03. The fraction of sp³-hybridized carbons (Fsp3) is 0.300. The number of carbonyl (C=O) groups is 2. The Morgan fingerprint density at radius 3 is 2.88 bits per heavy atom. The van der Waals surface area contributed by atoms with Gasteiger partial charge in [-0.3, -0.25) is 14.5 Å². The third kappa shape index (κ3) is 2.23. The number of pyridine rings is 1. The van der Waals surface area contributed by atoms with Gasteiger partial charge in [-0.05, 0) is 28.1 Å². The summed E-state index contributed by atoms with van der Waals surface area (Å²) in [5, 5.41) is 8.88. The van der Waals surface area contributed by atoms with Crippen molar-refractivity contribution in [2.75, 3.05) is 17.2 Å². The summed E-state index contributed by atoms with van der Waals surface area (Å²) in [5.74, 6) is -1.63. The van der Waals surface area contributed by atoms with Crippen LogP contribution in [0, 0.1) is 5.92 Å². The van der Waals surface area contributed by atoms with Gasteiger partial charge in [0.1, 0.15) is 4.60 Å². The number of aromatic nitrogens is 1. The van der Waals surface area contributed by atoms with Gasteiger partial charge in [-0.2, -0.15) is 0 Å². The van der Waals surface area contributed by atoms with E-state index < -0.39 is 11.9 Å². The molecular formula is C10H10BrN3O3. The molecule has 2 rings (SSSR count). The number of aliphatic carboxylic acids is 1. The third-order valence-corrected chi connectivity index (χ3v) is 3.04. The van der Waals surface area contributed by atoms with Crippen LogP contribution in [0.5, 0.6) is 0 Å². The van der Waals surface area contributed by atoms with Gasteiger partial charge in [0.2, 0.25) is 5.91 Å².